The number of furan rings is 1. The van der Waals surface area contributed by atoms with Crippen molar-refractivity contribution < 1.29 is 19.0 Å². The van der Waals surface area contributed by atoms with E-state index in [1.807, 2.05) is 19.1 Å². The van der Waals surface area contributed by atoms with Crippen LogP contribution in [0.5, 0.6) is 0 Å². The molecule has 8 nitrogen and oxygen atoms in total. The molecule has 0 aliphatic carbocycles. The van der Waals surface area contributed by atoms with E-state index in [1.165, 1.54) is 0 Å². The summed E-state index contributed by atoms with van der Waals surface area (Å²) in [4.78, 5) is 6.58. The van der Waals surface area contributed by atoms with Crippen molar-refractivity contribution in [1.29, 1.82) is 0 Å². The summed E-state index contributed by atoms with van der Waals surface area (Å²) >= 11 is 0. The van der Waals surface area contributed by atoms with E-state index in [2.05, 4.69) is 20.1 Å². The van der Waals surface area contributed by atoms with Gasteiger partial charge in [0.15, 0.2) is 5.82 Å². The van der Waals surface area contributed by atoms with Crippen molar-refractivity contribution >= 4 is 0 Å². The third kappa shape index (κ3) is 4.64. The van der Waals surface area contributed by atoms with Crippen molar-refractivity contribution in [3.63, 3.8) is 0 Å². The third-order valence-electron chi connectivity index (χ3n) is 3.93. The van der Waals surface area contributed by atoms with Crippen LogP contribution in [0.25, 0.3) is 0 Å². The predicted octanol–water partition coefficient (Wildman–Crippen LogP) is 0.911. The predicted molar refractivity (Wildman–Crippen MR) is 85.3 cm³/mol. The van der Waals surface area contributed by atoms with E-state index >= 15 is 0 Å². The zero-order valence-corrected chi connectivity index (χ0v) is 13.9. The Hall–Kier alpha value is -1.74. The number of ether oxygens (including phenoxy) is 2. The van der Waals surface area contributed by atoms with Crippen LogP contribution in [0.2, 0.25) is 0 Å². The van der Waals surface area contributed by atoms with Crippen molar-refractivity contribution in [3.05, 3.63) is 35.8 Å². The van der Waals surface area contributed by atoms with Crippen LogP contribution in [0.15, 0.2) is 22.8 Å². The van der Waals surface area contributed by atoms with Gasteiger partial charge in [0, 0.05) is 26.1 Å². The topological polar surface area (TPSA) is 96.6 Å². The Balaban J connectivity index is 1.42. The maximum absolute atomic E-state index is 10.2. The molecule has 132 valence electrons. The van der Waals surface area contributed by atoms with E-state index in [-0.39, 0.29) is 12.7 Å². The normalized spacial score (nSPS) is 20.3. The highest BCUT2D eigenvalue weighted by molar-refractivity contribution is 4.97. The molecule has 2 N–H and O–H groups in total. The first-order valence-electron chi connectivity index (χ1n) is 8.28. The molecular formula is C16H24N4O4. The average molecular weight is 336 g/mol. The van der Waals surface area contributed by atoms with Crippen molar-refractivity contribution in [2.24, 2.45) is 0 Å². The first-order valence-corrected chi connectivity index (χ1v) is 8.28. The Bertz CT molecular complexity index is 601. The second kappa shape index (κ2) is 8.39. The van der Waals surface area contributed by atoms with Crippen molar-refractivity contribution in [1.82, 2.24) is 20.1 Å². The number of morpholine rings is 1. The highest BCUT2D eigenvalue weighted by Gasteiger charge is 2.26. The maximum Gasteiger partial charge on any atom is 0.180 e. The van der Waals surface area contributed by atoms with Gasteiger partial charge in [-0.25, -0.2) is 4.98 Å². The molecule has 3 heterocycles. The highest BCUT2D eigenvalue weighted by atomic mass is 16.5. The van der Waals surface area contributed by atoms with Crippen LogP contribution in [0.1, 0.15) is 30.4 Å². The lowest BCUT2D eigenvalue weighted by atomic mass is 10.2. The SMILES string of the molecule is CCc1nc(C2CN(CC(O)COCc3ccco3)CCO2)n[nH]1. The monoisotopic (exact) mass is 336 g/mol. The first-order chi connectivity index (χ1) is 11.7. The van der Waals surface area contributed by atoms with Crippen LogP contribution >= 0.6 is 0 Å². The fourth-order valence-electron chi connectivity index (χ4n) is 2.68. The lowest BCUT2D eigenvalue weighted by molar-refractivity contribution is -0.0572. The van der Waals surface area contributed by atoms with Crippen molar-refractivity contribution in [2.45, 2.75) is 32.2 Å². The summed E-state index contributed by atoms with van der Waals surface area (Å²) < 4.78 is 16.4. The number of H-pyrrole nitrogens is 1. The number of rotatable bonds is 8. The Morgan fingerprint density at radius 2 is 2.46 bits per heavy atom. The molecule has 0 saturated carbocycles. The van der Waals surface area contributed by atoms with Crippen LogP contribution in [-0.4, -0.2) is 64.1 Å². The number of hydrogen-bond donors (Lipinski definition) is 2. The number of aliphatic hydroxyl groups excluding tert-OH is 1. The number of hydrogen-bond acceptors (Lipinski definition) is 7. The molecule has 2 atom stereocenters. The van der Waals surface area contributed by atoms with Gasteiger partial charge in [-0.3, -0.25) is 10.00 Å². The number of aliphatic hydroxyl groups is 1. The molecule has 1 aliphatic rings. The van der Waals surface area contributed by atoms with Crippen molar-refractivity contribution in [3.8, 4) is 0 Å². The summed E-state index contributed by atoms with van der Waals surface area (Å²) in [5.74, 6) is 2.29. The first kappa shape index (κ1) is 17.1. The van der Waals surface area contributed by atoms with E-state index in [9.17, 15) is 5.11 Å². The molecule has 0 aromatic carbocycles. The van der Waals surface area contributed by atoms with Crippen LogP contribution in [-0.2, 0) is 22.5 Å². The molecule has 8 heteroatoms. The number of β-amino-alcohol motifs (C(OH)–C–C–N with tert-alkyl or cyclic N) is 1. The van der Waals surface area contributed by atoms with Crippen LogP contribution in [0.4, 0.5) is 0 Å². The summed E-state index contributed by atoms with van der Waals surface area (Å²) in [5, 5.41) is 17.3. The molecule has 0 amide bonds. The largest absolute Gasteiger partial charge is 0.467 e. The smallest absolute Gasteiger partial charge is 0.180 e. The number of aromatic nitrogens is 3. The molecule has 1 saturated heterocycles. The number of aromatic amines is 1. The van der Waals surface area contributed by atoms with Crippen molar-refractivity contribution in [2.75, 3.05) is 32.8 Å². The summed E-state index contributed by atoms with van der Waals surface area (Å²) in [6.07, 6.45) is 1.70. The van der Waals surface area contributed by atoms with Gasteiger partial charge in [-0.05, 0) is 12.1 Å². The zero-order valence-electron chi connectivity index (χ0n) is 13.9. The maximum atomic E-state index is 10.2. The summed E-state index contributed by atoms with van der Waals surface area (Å²) in [6.45, 7) is 5.23. The van der Waals surface area contributed by atoms with Gasteiger partial charge in [-0.1, -0.05) is 6.92 Å². The second-order valence-corrected chi connectivity index (χ2v) is 5.86. The minimum Gasteiger partial charge on any atom is -0.467 e. The quantitative estimate of drug-likeness (QED) is 0.739. The van der Waals surface area contributed by atoms with Gasteiger partial charge in [0.25, 0.3) is 0 Å². The molecule has 24 heavy (non-hydrogen) atoms. The number of aryl methyl sites for hydroxylation is 1. The number of nitrogens with one attached hydrogen (secondary N) is 1. The van der Waals surface area contributed by atoms with E-state index in [4.69, 9.17) is 13.9 Å². The zero-order chi connectivity index (χ0) is 16.8. The van der Waals surface area contributed by atoms with E-state index < -0.39 is 6.10 Å². The fourth-order valence-corrected chi connectivity index (χ4v) is 2.68. The van der Waals surface area contributed by atoms with Crippen LogP contribution in [0.3, 0.4) is 0 Å². The lowest BCUT2D eigenvalue weighted by Gasteiger charge is -2.32. The number of nitrogens with zero attached hydrogens (tertiary/aromatic N) is 3. The molecular weight excluding hydrogens is 312 g/mol. The molecule has 2 unspecified atom stereocenters. The Morgan fingerprint density at radius 1 is 1.54 bits per heavy atom. The lowest BCUT2D eigenvalue weighted by Crippen LogP contribution is -2.43. The van der Waals surface area contributed by atoms with Crippen LogP contribution < -0.4 is 0 Å². The van der Waals surface area contributed by atoms with Gasteiger partial charge in [-0.15, -0.1) is 0 Å². The molecule has 1 fully saturated rings. The Labute approximate surface area is 140 Å². The molecule has 2 aromatic heterocycles. The molecule has 0 spiro atoms. The average Bonchev–Trinajstić information content (AvgIpc) is 3.26. The Kier molecular flexibility index (Phi) is 5.97. The van der Waals surface area contributed by atoms with Gasteiger partial charge < -0.3 is 19.0 Å². The minimum atomic E-state index is -0.558. The summed E-state index contributed by atoms with van der Waals surface area (Å²) in [7, 11) is 0. The Morgan fingerprint density at radius 3 is 3.21 bits per heavy atom. The second-order valence-electron chi connectivity index (χ2n) is 5.86. The minimum absolute atomic E-state index is 0.161. The molecule has 0 radical (unpaired) electrons. The van der Waals surface area contributed by atoms with Gasteiger partial charge >= 0.3 is 0 Å². The summed E-state index contributed by atoms with van der Waals surface area (Å²) in [5.41, 5.74) is 0. The van der Waals surface area contributed by atoms with Gasteiger partial charge in [-0.2, -0.15) is 5.10 Å². The molecule has 0 bridgehead atoms. The van der Waals surface area contributed by atoms with E-state index in [0.717, 1.165) is 24.6 Å². The molecule has 1 aliphatic heterocycles. The van der Waals surface area contributed by atoms with Crippen LogP contribution in [0, 0.1) is 0 Å². The van der Waals surface area contributed by atoms with E-state index in [0.29, 0.717) is 32.1 Å². The molecule has 3 rings (SSSR count). The summed E-state index contributed by atoms with van der Waals surface area (Å²) in [6, 6.07) is 3.66. The highest BCUT2D eigenvalue weighted by Crippen LogP contribution is 2.19. The third-order valence-corrected chi connectivity index (χ3v) is 3.93. The molecule has 2 aromatic rings. The standard InChI is InChI=1S/C16H24N4O4/c1-2-15-17-16(19-18-15)14-9-20(5-7-24-14)8-12(21)10-22-11-13-4-3-6-23-13/h3-4,6,12,14,21H,2,5,7-11H2,1H3,(H,17,18,19). The fraction of sp³-hybridized carbons (Fsp3) is 0.625. The van der Waals surface area contributed by atoms with E-state index in [1.54, 1.807) is 6.26 Å². The van der Waals surface area contributed by atoms with Gasteiger partial charge in [0.1, 0.15) is 24.3 Å². The van der Waals surface area contributed by atoms with Gasteiger partial charge in [0.2, 0.25) is 0 Å². The van der Waals surface area contributed by atoms with Gasteiger partial charge in [0.05, 0.1) is 25.6 Å².